The standard InChI is InChI=1S/C21H35N3O3/c1-16(2)15-27-21(25)19-7-6-18(24(5)11-10-23(3)4)14-20(19)22-17-8-12-26-13-9-17/h6-7,14,16-17,22H,8-13,15H2,1-5H3. The molecular weight excluding hydrogens is 342 g/mol. The molecule has 27 heavy (non-hydrogen) atoms. The van der Waals surface area contributed by atoms with E-state index < -0.39 is 0 Å². The van der Waals surface area contributed by atoms with Crippen molar-refractivity contribution < 1.29 is 14.3 Å². The van der Waals surface area contributed by atoms with Crippen LogP contribution in [0, 0.1) is 5.92 Å². The van der Waals surface area contributed by atoms with E-state index in [1.165, 1.54) is 0 Å². The second-order valence-corrected chi connectivity index (χ2v) is 7.98. The molecule has 0 aliphatic carbocycles. The minimum absolute atomic E-state index is 0.263. The van der Waals surface area contributed by atoms with Gasteiger partial charge in [0.1, 0.15) is 0 Å². The van der Waals surface area contributed by atoms with Crippen LogP contribution in [0.2, 0.25) is 0 Å². The summed E-state index contributed by atoms with van der Waals surface area (Å²) in [6.07, 6.45) is 1.89. The molecule has 1 aliphatic rings. The fourth-order valence-electron chi connectivity index (χ4n) is 2.93. The molecule has 0 spiro atoms. The Balaban J connectivity index is 2.19. The Kier molecular flexibility index (Phi) is 8.38. The van der Waals surface area contributed by atoms with Gasteiger partial charge in [0, 0.05) is 45.1 Å². The molecule has 1 aromatic rings. The van der Waals surface area contributed by atoms with Gasteiger partial charge in [-0.2, -0.15) is 0 Å². The molecule has 152 valence electrons. The number of nitrogens with zero attached hydrogens (tertiary/aromatic N) is 2. The number of esters is 1. The van der Waals surface area contributed by atoms with Gasteiger partial charge in [-0.3, -0.25) is 0 Å². The number of carbonyl (C=O) groups is 1. The zero-order valence-corrected chi connectivity index (χ0v) is 17.5. The van der Waals surface area contributed by atoms with Gasteiger partial charge in [0.15, 0.2) is 0 Å². The molecule has 0 radical (unpaired) electrons. The Hall–Kier alpha value is -1.79. The topological polar surface area (TPSA) is 54.0 Å². The number of anilines is 2. The lowest BCUT2D eigenvalue weighted by molar-refractivity contribution is 0.0460. The molecule has 0 aromatic heterocycles. The number of benzene rings is 1. The molecule has 1 aromatic carbocycles. The zero-order valence-electron chi connectivity index (χ0n) is 17.5. The molecule has 1 fully saturated rings. The monoisotopic (exact) mass is 377 g/mol. The van der Waals surface area contributed by atoms with Crippen LogP contribution in [0.4, 0.5) is 11.4 Å². The predicted molar refractivity (Wildman–Crippen MR) is 111 cm³/mol. The largest absolute Gasteiger partial charge is 0.462 e. The predicted octanol–water partition coefficient (Wildman–Crippen LogP) is 3.09. The Labute approximate surface area is 163 Å². The molecule has 6 nitrogen and oxygen atoms in total. The van der Waals surface area contributed by atoms with E-state index in [4.69, 9.17) is 9.47 Å². The van der Waals surface area contributed by atoms with Crippen molar-refractivity contribution in [1.82, 2.24) is 4.90 Å². The van der Waals surface area contributed by atoms with E-state index in [1.54, 1.807) is 0 Å². The normalized spacial score (nSPS) is 15.2. The van der Waals surface area contributed by atoms with Crippen LogP contribution in [0.25, 0.3) is 0 Å². The summed E-state index contributed by atoms with van der Waals surface area (Å²) < 4.78 is 10.9. The highest BCUT2D eigenvalue weighted by Crippen LogP contribution is 2.26. The first-order chi connectivity index (χ1) is 12.9. The molecular formula is C21H35N3O3. The molecule has 0 saturated carbocycles. The van der Waals surface area contributed by atoms with Gasteiger partial charge in [0.05, 0.1) is 17.9 Å². The molecule has 1 aliphatic heterocycles. The molecule has 1 N–H and O–H groups in total. The molecule has 0 atom stereocenters. The lowest BCUT2D eigenvalue weighted by Crippen LogP contribution is -2.30. The van der Waals surface area contributed by atoms with Crippen LogP contribution >= 0.6 is 0 Å². The van der Waals surface area contributed by atoms with Crippen molar-refractivity contribution >= 4 is 17.3 Å². The van der Waals surface area contributed by atoms with E-state index in [0.717, 1.165) is 50.5 Å². The maximum Gasteiger partial charge on any atom is 0.340 e. The number of hydrogen-bond donors (Lipinski definition) is 1. The van der Waals surface area contributed by atoms with Crippen molar-refractivity contribution in [1.29, 1.82) is 0 Å². The summed E-state index contributed by atoms with van der Waals surface area (Å²) in [5.74, 6) is 0.0537. The first-order valence-electron chi connectivity index (χ1n) is 9.88. The van der Waals surface area contributed by atoms with Crippen LogP contribution in [0.15, 0.2) is 18.2 Å². The summed E-state index contributed by atoms with van der Waals surface area (Å²) in [6.45, 7) is 7.91. The highest BCUT2D eigenvalue weighted by molar-refractivity contribution is 5.96. The van der Waals surface area contributed by atoms with Gasteiger partial charge in [-0.1, -0.05) is 13.8 Å². The number of hydrogen-bond acceptors (Lipinski definition) is 6. The highest BCUT2D eigenvalue weighted by atomic mass is 16.5. The van der Waals surface area contributed by atoms with Gasteiger partial charge in [-0.05, 0) is 51.1 Å². The van der Waals surface area contributed by atoms with Gasteiger partial charge < -0.3 is 24.6 Å². The number of nitrogens with one attached hydrogen (secondary N) is 1. The molecule has 2 rings (SSSR count). The zero-order chi connectivity index (χ0) is 19.8. The highest BCUT2D eigenvalue weighted by Gasteiger charge is 2.20. The summed E-state index contributed by atoms with van der Waals surface area (Å²) >= 11 is 0. The number of ether oxygens (including phenoxy) is 2. The number of likely N-dealkylation sites (N-methyl/N-ethyl adjacent to an activating group) is 2. The smallest absolute Gasteiger partial charge is 0.340 e. The van der Waals surface area contributed by atoms with Crippen LogP contribution in [-0.2, 0) is 9.47 Å². The maximum absolute atomic E-state index is 12.6. The molecule has 0 unspecified atom stereocenters. The van der Waals surface area contributed by atoms with Gasteiger partial charge >= 0.3 is 5.97 Å². The minimum Gasteiger partial charge on any atom is -0.462 e. The summed E-state index contributed by atoms with van der Waals surface area (Å²) in [4.78, 5) is 17.0. The summed E-state index contributed by atoms with van der Waals surface area (Å²) in [5.41, 5.74) is 2.54. The van der Waals surface area contributed by atoms with Crippen molar-refractivity contribution in [3.8, 4) is 0 Å². The quantitative estimate of drug-likeness (QED) is 0.668. The van der Waals surface area contributed by atoms with Gasteiger partial charge in [-0.25, -0.2) is 4.79 Å². The third-order valence-electron chi connectivity index (χ3n) is 4.68. The van der Waals surface area contributed by atoms with E-state index in [2.05, 4.69) is 42.3 Å². The second kappa shape index (κ2) is 10.5. The summed E-state index contributed by atoms with van der Waals surface area (Å²) in [5, 5.41) is 3.56. The first-order valence-corrected chi connectivity index (χ1v) is 9.88. The summed E-state index contributed by atoms with van der Waals surface area (Å²) in [6, 6.07) is 6.26. The SMILES string of the molecule is CC(C)COC(=O)c1ccc(N(C)CCN(C)C)cc1NC1CCOCC1. The van der Waals surface area contributed by atoms with E-state index >= 15 is 0 Å². The van der Waals surface area contributed by atoms with E-state index in [9.17, 15) is 4.79 Å². The Bertz CT molecular complexity index is 598. The third-order valence-corrected chi connectivity index (χ3v) is 4.68. The lowest BCUT2D eigenvalue weighted by atomic mass is 10.1. The van der Waals surface area contributed by atoms with Crippen LogP contribution in [-0.4, -0.2) is 71.0 Å². The lowest BCUT2D eigenvalue weighted by Gasteiger charge is -2.27. The number of rotatable bonds is 9. The summed E-state index contributed by atoms with van der Waals surface area (Å²) in [7, 11) is 6.22. The third kappa shape index (κ3) is 7.03. The minimum atomic E-state index is -0.263. The molecule has 0 amide bonds. The first kappa shape index (κ1) is 21.5. The second-order valence-electron chi connectivity index (χ2n) is 7.98. The van der Waals surface area contributed by atoms with Crippen molar-refractivity contribution in [3.05, 3.63) is 23.8 Å². The van der Waals surface area contributed by atoms with E-state index in [-0.39, 0.29) is 5.97 Å². The average molecular weight is 378 g/mol. The molecule has 1 heterocycles. The molecule has 0 bridgehead atoms. The van der Waals surface area contributed by atoms with Gasteiger partial charge in [0.2, 0.25) is 0 Å². The van der Waals surface area contributed by atoms with Crippen LogP contribution in [0.3, 0.4) is 0 Å². The molecule has 1 saturated heterocycles. The van der Waals surface area contributed by atoms with Gasteiger partial charge in [-0.15, -0.1) is 0 Å². The average Bonchev–Trinajstić information content (AvgIpc) is 2.65. The number of carbonyl (C=O) groups excluding carboxylic acids is 1. The fraction of sp³-hybridized carbons (Fsp3) is 0.667. The Morgan fingerprint density at radius 3 is 2.56 bits per heavy atom. The van der Waals surface area contributed by atoms with Crippen molar-refractivity contribution in [2.45, 2.75) is 32.7 Å². The van der Waals surface area contributed by atoms with Crippen LogP contribution in [0.1, 0.15) is 37.0 Å². The van der Waals surface area contributed by atoms with E-state index in [0.29, 0.717) is 24.1 Å². The van der Waals surface area contributed by atoms with Crippen molar-refractivity contribution in [2.24, 2.45) is 5.92 Å². The fourth-order valence-corrected chi connectivity index (χ4v) is 2.93. The van der Waals surface area contributed by atoms with Crippen LogP contribution < -0.4 is 10.2 Å². The Morgan fingerprint density at radius 1 is 1.22 bits per heavy atom. The van der Waals surface area contributed by atoms with E-state index in [1.807, 2.05) is 26.0 Å². The Morgan fingerprint density at radius 2 is 1.93 bits per heavy atom. The van der Waals surface area contributed by atoms with Gasteiger partial charge in [0.25, 0.3) is 0 Å². The molecule has 6 heteroatoms. The van der Waals surface area contributed by atoms with Crippen molar-refractivity contribution in [3.63, 3.8) is 0 Å². The van der Waals surface area contributed by atoms with Crippen LogP contribution in [0.5, 0.6) is 0 Å². The maximum atomic E-state index is 12.6. The van der Waals surface area contributed by atoms with Crippen molar-refractivity contribution in [2.75, 3.05) is 64.3 Å².